The van der Waals surface area contributed by atoms with Gasteiger partial charge in [0.15, 0.2) is 0 Å². The van der Waals surface area contributed by atoms with Crippen LogP contribution in [0.25, 0.3) is 11.1 Å². The molecule has 0 saturated heterocycles. The molecule has 25 heavy (non-hydrogen) atoms. The van der Waals surface area contributed by atoms with E-state index in [1.807, 2.05) is 31.2 Å². The molecular formula is C21H25NO3. The van der Waals surface area contributed by atoms with Gasteiger partial charge in [0.1, 0.15) is 6.61 Å². The van der Waals surface area contributed by atoms with E-state index >= 15 is 0 Å². The number of hydrogen-bond acceptors (Lipinski definition) is 3. The number of nitrogens with zero attached hydrogens (tertiary/aromatic N) is 1. The number of ether oxygens (including phenoxy) is 1. The van der Waals surface area contributed by atoms with Crippen molar-refractivity contribution in [2.45, 2.75) is 25.7 Å². The summed E-state index contributed by atoms with van der Waals surface area (Å²) < 4.78 is 5.66. The molecule has 0 saturated carbocycles. The van der Waals surface area contributed by atoms with Gasteiger partial charge in [0.05, 0.1) is 0 Å². The molecule has 132 valence electrons. The van der Waals surface area contributed by atoms with Crippen LogP contribution in [0.1, 0.15) is 36.8 Å². The third-order valence-corrected chi connectivity index (χ3v) is 4.67. The van der Waals surface area contributed by atoms with Crippen LogP contribution < -0.4 is 0 Å². The van der Waals surface area contributed by atoms with Gasteiger partial charge in [-0.25, -0.2) is 4.79 Å². The Morgan fingerprint density at radius 3 is 2.20 bits per heavy atom. The Labute approximate surface area is 149 Å². The van der Waals surface area contributed by atoms with Crippen molar-refractivity contribution < 1.29 is 14.6 Å². The molecule has 0 bridgehead atoms. The predicted octanol–water partition coefficient (Wildman–Crippen LogP) is 4.03. The third kappa shape index (κ3) is 3.69. The number of carbonyl (C=O) groups excluding carboxylic acids is 1. The molecule has 1 amide bonds. The van der Waals surface area contributed by atoms with Crippen LogP contribution in [0.5, 0.6) is 0 Å². The minimum atomic E-state index is -0.294. The number of hydrogen-bond donors (Lipinski definition) is 1. The van der Waals surface area contributed by atoms with Crippen LogP contribution in [0.2, 0.25) is 0 Å². The van der Waals surface area contributed by atoms with E-state index in [-0.39, 0.29) is 18.6 Å². The molecule has 2 aromatic carbocycles. The van der Waals surface area contributed by atoms with Gasteiger partial charge in [-0.3, -0.25) is 0 Å². The standard InChI is InChI=1S/C21H25NO3/c1-2-12-22(13-7-14-23)21(24)25-15-20-18-10-5-3-8-16(18)17-9-4-6-11-19(17)20/h3-6,8-11,20,23H,2,7,12-15H2,1H3. The lowest BCUT2D eigenvalue weighted by Crippen LogP contribution is -2.34. The van der Waals surface area contributed by atoms with E-state index < -0.39 is 0 Å². The first-order valence-corrected chi connectivity index (χ1v) is 8.97. The molecule has 0 fully saturated rings. The zero-order valence-corrected chi connectivity index (χ0v) is 14.6. The van der Waals surface area contributed by atoms with Gasteiger partial charge in [-0.1, -0.05) is 55.5 Å². The summed E-state index contributed by atoms with van der Waals surface area (Å²) in [6, 6.07) is 16.6. The van der Waals surface area contributed by atoms with E-state index in [1.54, 1.807) is 4.90 Å². The number of carbonyl (C=O) groups is 1. The summed E-state index contributed by atoms with van der Waals surface area (Å²) >= 11 is 0. The van der Waals surface area contributed by atoms with E-state index in [4.69, 9.17) is 9.84 Å². The molecule has 0 unspecified atom stereocenters. The number of aliphatic hydroxyl groups excluding tert-OH is 1. The Morgan fingerprint density at radius 2 is 1.64 bits per heavy atom. The summed E-state index contributed by atoms with van der Waals surface area (Å²) in [5.74, 6) is 0.0812. The number of rotatable bonds is 7. The molecule has 0 aromatic heterocycles. The number of benzene rings is 2. The smallest absolute Gasteiger partial charge is 0.409 e. The van der Waals surface area contributed by atoms with E-state index in [2.05, 4.69) is 24.3 Å². The third-order valence-electron chi connectivity index (χ3n) is 4.67. The van der Waals surface area contributed by atoms with Gasteiger partial charge in [0.25, 0.3) is 0 Å². The van der Waals surface area contributed by atoms with Crippen LogP contribution >= 0.6 is 0 Å². The fourth-order valence-electron chi connectivity index (χ4n) is 3.51. The summed E-state index contributed by atoms with van der Waals surface area (Å²) in [5, 5.41) is 9.01. The van der Waals surface area contributed by atoms with E-state index in [1.165, 1.54) is 22.3 Å². The molecule has 0 aliphatic heterocycles. The summed E-state index contributed by atoms with van der Waals surface area (Å²) in [7, 11) is 0. The molecule has 0 atom stereocenters. The van der Waals surface area contributed by atoms with Gasteiger partial charge in [-0.05, 0) is 35.1 Å². The van der Waals surface area contributed by atoms with Crippen LogP contribution in [0.15, 0.2) is 48.5 Å². The van der Waals surface area contributed by atoms with E-state index in [9.17, 15) is 4.79 Å². The predicted molar refractivity (Wildman–Crippen MR) is 98.6 cm³/mol. The fourth-order valence-corrected chi connectivity index (χ4v) is 3.51. The lowest BCUT2D eigenvalue weighted by atomic mass is 9.98. The molecule has 1 aliphatic rings. The maximum absolute atomic E-state index is 12.4. The average Bonchev–Trinajstić information content (AvgIpc) is 2.97. The van der Waals surface area contributed by atoms with Gasteiger partial charge in [-0.2, -0.15) is 0 Å². The Bertz CT molecular complexity index is 683. The van der Waals surface area contributed by atoms with E-state index in [0.29, 0.717) is 26.1 Å². The van der Waals surface area contributed by atoms with Gasteiger partial charge in [0.2, 0.25) is 0 Å². The van der Waals surface area contributed by atoms with Crippen molar-refractivity contribution in [2.24, 2.45) is 0 Å². The second-order valence-corrected chi connectivity index (χ2v) is 6.37. The van der Waals surface area contributed by atoms with Crippen LogP contribution in [-0.2, 0) is 4.74 Å². The monoisotopic (exact) mass is 339 g/mol. The van der Waals surface area contributed by atoms with Crippen molar-refractivity contribution in [1.82, 2.24) is 4.90 Å². The van der Waals surface area contributed by atoms with Crippen molar-refractivity contribution in [3.63, 3.8) is 0 Å². The largest absolute Gasteiger partial charge is 0.448 e. The van der Waals surface area contributed by atoms with Crippen molar-refractivity contribution in [1.29, 1.82) is 0 Å². The Morgan fingerprint density at radius 1 is 1.04 bits per heavy atom. The molecule has 0 heterocycles. The minimum absolute atomic E-state index is 0.0802. The highest BCUT2D eigenvalue weighted by molar-refractivity contribution is 5.79. The molecule has 0 spiro atoms. The molecule has 3 rings (SSSR count). The van der Waals surface area contributed by atoms with Gasteiger partial charge >= 0.3 is 6.09 Å². The molecular weight excluding hydrogens is 314 g/mol. The van der Waals surface area contributed by atoms with Crippen LogP contribution in [0, 0.1) is 0 Å². The van der Waals surface area contributed by atoms with Crippen molar-refractivity contribution in [3.05, 3.63) is 59.7 Å². The highest BCUT2D eigenvalue weighted by Gasteiger charge is 2.29. The number of fused-ring (bicyclic) bond motifs is 3. The molecule has 0 radical (unpaired) electrons. The summed E-state index contributed by atoms with van der Waals surface area (Å²) in [5.41, 5.74) is 4.89. The maximum atomic E-state index is 12.4. The van der Waals surface area contributed by atoms with Crippen LogP contribution in [-0.4, -0.2) is 42.4 Å². The lowest BCUT2D eigenvalue weighted by Gasteiger charge is -2.22. The lowest BCUT2D eigenvalue weighted by molar-refractivity contribution is 0.0970. The molecule has 4 heteroatoms. The highest BCUT2D eigenvalue weighted by Crippen LogP contribution is 2.44. The SMILES string of the molecule is CCCN(CCCO)C(=O)OCC1c2ccccc2-c2ccccc21. The van der Waals surface area contributed by atoms with Crippen molar-refractivity contribution >= 4 is 6.09 Å². The quantitative estimate of drug-likeness (QED) is 0.828. The first-order chi connectivity index (χ1) is 12.3. The number of amides is 1. The normalized spacial score (nSPS) is 12.6. The first kappa shape index (κ1) is 17.5. The first-order valence-electron chi connectivity index (χ1n) is 8.97. The van der Waals surface area contributed by atoms with Gasteiger partial charge < -0.3 is 14.7 Å². The topological polar surface area (TPSA) is 49.8 Å². The highest BCUT2D eigenvalue weighted by atomic mass is 16.6. The minimum Gasteiger partial charge on any atom is -0.448 e. The Kier molecular flexibility index (Phi) is 5.71. The maximum Gasteiger partial charge on any atom is 0.409 e. The molecule has 4 nitrogen and oxygen atoms in total. The second kappa shape index (κ2) is 8.17. The summed E-state index contributed by atoms with van der Waals surface area (Å²) in [6.45, 7) is 3.63. The van der Waals surface area contributed by atoms with Crippen LogP contribution in [0.3, 0.4) is 0 Å². The summed E-state index contributed by atoms with van der Waals surface area (Å²) in [4.78, 5) is 14.1. The van der Waals surface area contributed by atoms with Crippen LogP contribution in [0.4, 0.5) is 4.79 Å². The fraction of sp³-hybridized carbons (Fsp3) is 0.381. The average molecular weight is 339 g/mol. The second-order valence-electron chi connectivity index (χ2n) is 6.37. The Balaban J connectivity index is 1.73. The molecule has 1 aliphatic carbocycles. The van der Waals surface area contributed by atoms with Gasteiger partial charge in [0, 0.05) is 25.6 Å². The zero-order valence-electron chi connectivity index (χ0n) is 14.6. The zero-order chi connectivity index (χ0) is 17.6. The summed E-state index contributed by atoms with van der Waals surface area (Å²) in [6.07, 6.45) is 1.15. The number of aliphatic hydroxyl groups is 1. The molecule has 2 aromatic rings. The molecule has 1 N–H and O–H groups in total. The van der Waals surface area contributed by atoms with E-state index in [0.717, 1.165) is 6.42 Å². The Hall–Kier alpha value is -2.33. The van der Waals surface area contributed by atoms with Gasteiger partial charge in [-0.15, -0.1) is 0 Å². The van der Waals surface area contributed by atoms with Crippen molar-refractivity contribution in [2.75, 3.05) is 26.3 Å². The van der Waals surface area contributed by atoms with Crippen molar-refractivity contribution in [3.8, 4) is 11.1 Å².